The molecular formula is C17H30N4. The van der Waals surface area contributed by atoms with Gasteiger partial charge in [0.15, 0.2) is 0 Å². The number of aromatic nitrogens is 2. The first-order valence-electron chi connectivity index (χ1n) is 8.55. The zero-order chi connectivity index (χ0) is 15.1. The highest BCUT2D eigenvalue weighted by molar-refractivity contribution is 5.35. The van der Waals surface area contributed by atoms with Crippen LogP contribution in [0.1, 0.15) is 63.9 Å². The first-order chi connectivity index (χ1) is 10.2. The third-order valence-electron chi connectivity index (χ3n) is 4.30. The second kappa shape index (κ2) is 8.32. The number of rotatable bonds is 7. The van der Waals surface area contributed by atoms with Gasteiger partial charge in [-0.05, 0) is 32.7 Å². The molecule has 1 N–H and O–H groups in total. The lowest BCUT2D eigenvalue weighted by molar-refractivity contribution is 0.152. The van der Waals surface area contributed by atoms with E-state index in [1.54, 1.807) is 0 Å². The average Bonchev–Trinajstić information content (AvgIpc) is 2.51. The van der Waals surface area contributed by atoms with E-state index in [4.69, 9.17) is 0 Å². The van der Waals surface area contributed by atoms with Gasteiger partial charge in [-0.2, -0.15) is 0 Å². The summed E-state index contributed by atoms with van der Waals surface area (Å²) in [6.45, 7) is 9.41. The molecule has 21 heavy (non-hydrogen) atoms. The molecule has 0 aromatic carbocycles. The van der Waals surface area contributed by atoms with Crippen molar-refractivity contribution < 1.29 is 0 Å². The molecule has 1 aromatic rings. The lowest BCUT2D eigenvalue weighted by Gasteiger charge is -2.33. The molecule has 1 aromatic heterocycles. The van der Waals surface area contributed by atoms with Crippen molar-refractivity contribution in [2.75, 3.05) is 18.4 Å². The standard InChI is InChI=1S/C17H30N4/c1-4-11-18-16-12-14(3)19-17(20-16)13-21(5-2)15-9-7-6-8-10-15/h12,15H,4-11,13H2,1-3H3,(H,18,19,20). The molecule has 0 atom stereocenters. The molecule has 1 saturated carbocycles. The lowest BCUT2D eigenvalue weighted by Crippen LogP contribution is -2.36. The molecule has 118 valence electrons. The number of nitrogens with zero attached hydrogens (tertiary/aromatic N) is 3. The van der Waals surface area contributed by atoms with Crippen molar-refractivity contribution in [1.82, 2.24) is 14.9 Å². The summed E-state index contributed by atoms with van der Waals surface area (Å²) in [4.78, 5) is 11.9. The predicted molar refractivity (Wildman–Crippen MR) is 88.5 cm³/mol. The number of hydrogen-bond acceptors (Lipinski definition) is 4. The fraction of sp³-hybridized carbons (Fsp3) is 0.765. The Balaban J connectivity index is 2.03. The summed E-state index contributed by atoms with van der Waals surface area (Å²) >= 11 is 0. The number of hydrogen-bond donors (Lipinski definition) is 1. The molecule has 1 fully saturated rings. The molecule has 0 radical (unpaired) electrons. The number of nitrogens with one attached hydrogen (secondary N) is 1. The van der Waals surface area contributed by atoms with E-state index in [9.17, 15) is 0 Å². The smallest absolute Gasteiger partial charge is 0.144 e. The Kier molecular flexibility index (Phi) is 6.43. The zero-order valence-corrected chi connectivity index (χ0v) is 13.9. The van der Waals surface area contributed by atoms with Gasteiger partial charge in [0, 0.05) is 24.3 Å². The van der Waals surface area contributed by atoms with E-state index < -0.39 is 0 Å². The van der Waals surface area contributed by atoms with E-state index in [-0.39, 0.29) is 0 Å². The van der Waals surface area contributed by atoms with Crippen LogP contribution in [0.25, 0.3) is 0 Å². The highest BCUT2D eigenvalue weighted by atomic mass is 15.2. The van der Waals surface area contributed by atoms with Gasteiger partial charge in [-0.1, -0.05) is 33.1 Å². The second-order valence-corrected chi connectivity index (χ2v) is 6.09. The maximum Gasteiger partial charge on any atom is 0.144 e. The number of aryl methyl sites for hydroxylation is 1. The molecule has 0 saturated heterocycles. The maximum atomic E-state index is 4.69. The van der Waals surface area contributed by atoms with Crippen LogP contribution < -0.4 is 5.32 Å². The van der Waals surface area contributed by atoms with Crippen LogP contribution in [0.15, 0.2) is 6.07 Å². The van der Waals surface area contributed by atoms with E-state index in [1.807, 2.05) is 6.07 Å². The normalized spacial score (nSPS) is 16.4. The van der Waals surface area contributed by atoms with Crippen molar-refractivity contribution in [1.29, 1.82) is 0 Å². The minimum Gasteiger partial charge on any atom is -0.370 e. The van der Waals surface area contributed by atoms with Gasteiger partial charge in [0.05, 0.1) is 6.54 Å². The Morgan fingerprint density at radius 1 is 1.19 bits per heavy atom. The fourth-order valence-electron chi connectivity index (χ4n) is 3.17. The minimum atomic E-state index is 0.722. The topological polar surface area (TPSA) is 41.1 Å². The Hall–Kier alpha value is -1.16. The van der Waals surface area contributed by atoms with Crippen molar-refractivity contribution in [2.24, 2.45) is 0 Å². The number of anilines is 1. The maximum absolute atomic E-state index is 4.69. The summed E-state index contributed by atoms with van der Waals surface area (Å²) < 4.78 is 0. The van der Waals surface area contributed by atoms with Crippen LogP contribution in [0.4, 0.5) is 5.82 Å². The molecule has 2 rings (SSSR count). The van der Waals surface area contributed by atoms with E-state index in [0.717, 1.165) is 49.4 Å². The van der Waals surface area contributed by atoms with Crippen molar-refractivity contribution in [3.05, 3.63) is 17.6 Å². The fourth-order valence-corrected chi connectivity index (χ4v) is 3.17. The summed E-state index contributed by atoms with van der Waals surface area (Å²) in [5, 5.41) is 3.38. The monoisotopic (exact) mass is 290 g/mol. The Bertz CT molecular complexity index is 427. The second-order valence-electron chi connectivity index (χ2n) is 6.09. The molecule has 0 bridgehead atoms. The lowest BCUT2D eigenvalue weighted by atomic mass is 9.94. The molecule has 1 aliphatic carbocycles. The van der Waals surface area contributed by atoms with Crippen molar-refractivity contribution in [3.8, 4) is 0 Å². The van der Waals surface area contributed by atoms with Gasteiger partial charge in [0.2, 0.25) is 0 Å². The van der Waals surface area contributed by atoms with Gasteiger partial charge >= 0.3 is 0 Å². The predicted octanol–water partition coefficient (Wildman–Crippen LogP) is 3.76. The summed E-state index contributed by atoms with van der Waals surface area (Å²) in [5.41, 5.74) is 1.05. The van der Waals surface area contributed by atoms with Crippen LogP contribution in [-0.4, -0.2) is 34.0 Å². The van der Waals surface area contributed by atoms with Gasteiger partial charge in [-0.15, -0.1) is 0 Å². The molecule has 4 nitrogen and oxygen atoms in total. The van der Waals surface area contributed by atoms with Crippen LogP contribution in [0.5, 0.6) is 0 Å². The third kappa shape index (κ3) is 4.95. The quantitative estimate of drug-likeness (QED) is 0.830. The van der Waals surface area contributed by atoms with Crippen LogP contribution in [0, 0.1) is 6.92 Å². The van der Waals surface area contributed by atoms with Gasteiger partial charge in [-0.25, -0.2) is 9.97 Å². The van der Waals surface area contributed by atoms with Crippen LogP contribution in [0.2, 0.25) is 0 Å². The molecule has 1 aliphatic rings. The third-order valence-corrected chi connectivity index (χ3v) is 4.30. The van der Waals surface area contributed by atoms with Crippen molar-refractivity contribution in [3.63, 3.8) is 0 Å². The molecule has 0 spiro atoms. The summed E-state index contributed by atoms with van der Waals surface area (Å²) in [5.74, 6) is 1.93. The minimum absolute atomic E-state index is 0.722. The van der Waals surface area contributed by atoms with Crippen molar-refractivity contribution in [2.45, 2.75) is 71.9 Å². The SMILES string of the molecule is CCCNc1cc(C)nc(CN(CC)C2CCCCC2)n1. The molecule has 1 heterocycles. The van der Waals surface area contributed by atoms with Gasteiger partial charge < -0.3 is 5.32 Å². The molecule has 0 unspecified atom stereocenters. The molecular weight excluding hydrogens is 260 g/mol. The summed E-state index contributed by atoms with van der Waals surface area (Å²) in [6, 6.07) is 2.76. The first kappa shape index (κ1) is 16.2. The average molecular weight is 290 g/mol. The molecule has 4 heteroatoms. The van der Waals surface area contributed by atoms with E-state index >= 15 is 0 Å². The Labute approximate surface area is 129 Å². The Morgan fingerprint density at radius 2 is 1.95 bits per heavy atom. The van der Waals surface area contributed by atoms with Gasteiger partial charge in [-0.3, -0.25) is 4.90 Å². The highest BCUT2D eigenvalue weighted by Crippen LogP contribution is 2.23. The van der Waals surface area contributed by atoms with E-state index in [2.05, 4.69) is 41.0 Å². The summed E-state index contributed by atoms with van der Waals surface area (Å²) in [6.07, 6.45) is 7.93. The molecule has 0 aliphatic heterocycles. The summed E-state index contributed by atoms with van der Waals surface area (Å²) in [7, 11) is 0. The van der Waals surface area contributed by atoms with Crippen LogP contribution in [-0.2, 0) is 6.54 Å². The largest absolute Gasteiger partial charge is 0.370 e. The van der Waals surface area contributed by atoms with Gasteiger partial charge in [0.1, 0.15) is 11.6 Å². The highest BCUT2D eigenvalue weighted by Gasteiger charge is 2.20. The van der Waals surface area contributed by atoms with E-state index in [0.29, 0.717) is 0 Å². The van der Waals surface area contributed by atoms with Crippen LogP contribution >= 0.6 is 0 Å². The van der Waals surface area contributed by atoms with Gasteiger partial charge in [0.25, 0.3) is 0 Å². The zero-order valence-electron chi connectivity index (χ0n) is 13.9. The molecule has 0 amide bonds. The van der Waals surface area contributed by atoms with E-state index in [1.165, 1.54) is 32.1 Å². The van der Waals surface area contributed by atoms with Crippen molar-refractivity contribution >= 4 is 5.82 Å². The Morgan fingerprint density at radius 3 is 2.62 bits per heavy atom. The van der Waals surface area contributed by atoms with Crippen LogP contribution in [0.3, 0.4) is 0 Å². The first-order valence-corrected chi connectivity index (χ1v) is 8.55.